The van der Waals surface area contributed by atoms with Crippen molar-refractivity contribution >= 4 is 5.97 Å². The molecule has 2 N–H and O–H groups in total. The van der Waals surface area contributed by atoms with Crippen molar-refractivity contribution in [3.8, 4) is 28.5 Å². The molecule has 2 aromatic heterocycles. The average molecular weight is 610 g/mol. The van der Waals surface area contributed by atoms with Crippen molar-refractivity contribution in [2.45, 2.75) is 37.7 Å². The lowest BCUT2D eigenvalue weighted by molar-refractivity contribution is -0.142. The summed E-state index contributed by atoms with van der Waals surface area (Å²) in [5.74, 6) is -1.35. The van der Waals surface area contributed by atoms with Crippen molar-refractivity contribution < 1.29 is 45.9 Å². The molecule has 1 aliphatic rings. The lowest BCUT2D eigenvalue weighted by atomic mass is 9.94. The number of carbonyl (C=O) groups is 1. The Bertz CT molecular complexity index is 1560. The second-order valence-corrected chi connectivity index (χ2v) is 10.3. The van der Waals surface area contributed by atoms with Gasteiger partial charge in [-0.05, 0) is 55.1 Å². The standard InChI is InChI=1S/C28H25F6N5O4/c29-27(30,31)19-7-9-20(10-8-19)39-24(28(32,33)34)21(13-35-39)26-36-25(37-43-26)18-5-3-17(4-6-18)22(40)15-38-11-1-2-16(14-38)12-23(41)42/h3-10,13,16,22,40H,1-2,11-12,14-15H2,(H,41,42)/t16-,22+/m1/s1. The third-order valence-corrected chi connectivity index (χ3v) is 7.18. The molecule has 1 aliphatic heterocycles. The Hall–Kier alpha value is -4.24. The molecule has 9 nitrogen and oxygen atoms in total. The van der Waals surface area contributed by atoms with Crippen molar-refractivity contribution in [1.82, 2.24) is 24.8 Å². The summed E-state index contributed by atoms with van der Waals surface area (Å²) in [6.45, 7) is 1.62. The third kappa shape index (κ3) is 6.88. The van der Waals surface area contributed by atoms with Crippen LogP contribution in [0.1, 0.15) is 42.2 Å². The van der Waals surface area contributed by atoms with E-state index in [2.05, 4.69) is 15.2 Å². The molecule has 2 aromatic carbocycles. The van der Waals surface area contributed by atoms with E-state index in [1.165, 1.54) is 0 Å². The van der Waals surface area contributed by atoms with Gasteiger partial charge in [-0.1, -0.05) is 29.4 Å². The van der Waals surface area contributed by atoms with E-state index in [0.717, 1.165) is 37.7 Å². The van der Waals surface area contributed by atoms with Crippen LogP contribution in [0.2, 0.25) is 0 Å². The van der Waals surface area contributed by atoms with Gasteiger partial charge in [-0.2, -0.15) is 36.4 Å². The summed E-state index contributed by atoms with van der Waals surface area (Å²) in [6, 6.07) is 9.47. The molecule has 0 aliphatic carbocycles. The van der Waals surface area contributed by atoms with Crippen LogP contribution in [-0.4, -0.2) is 60.6 Å². The van der Waals surface area contributed by atoms with Crippen LogP contribution >= 0.6 is 0 Å². The van der Waals surface area contributed by atoms with Gasteiger partial charge in [0, 0.05) is 25.1 Å². The van der Waals surface area contributed by atoms with E-state index < -0.39 is 47.1 Å². The van der Waals surface area contributed by atoms with E-state index in [9.17, 15) is 36.2 Å². The van der Waals surface area contributed by atoms with Gasteiger partial charge in [0.25, 0.3) is 5.89 Å². The summed E-state index contributed by atoms with van der Waals surface area (Å²) in [7, 11) is 0. The minimum absolute atomic E-state index is 0.0214. The number of rotatable bonds is 8. The molecule has 3 heterocycles. The number of piperidine rings is 1. The number of nitrogens with zero attached hydrogens (tertiary/aromatic N) is 5. The van der Waals surface area contributed by atoms with E-state index in [1.54, 1.807) is 24.3 Å². The van der Waals surface area contributed by atoms with Gasteiger partial charge >= 0.3 is 18.3 Å². The zero-order chi connectivity index (χ0) is 30.9. The summed E-state index contributed by atoms with van der Waals surface area (Å²) in [6.07, 6.45) is -7.90. The highest BCUT2D eigenvalue weighted by molar-refractivity contribution is 5.67. The second-order valence-electron chi connectivity index (χ2n) is 10.3. The van der Waals surface area contributed by atoms with E-state index in [0.29, 0.717) is 41.0 Å². The quantitative estimate of drug-likeness (QED) is 0.239. The van der Waals surface area contributed by atoms with E-state index >= 15 is 0 Å². The number of hydrogen-bond donors (Lipinski definition) is 2. The topological polar surface area (TPSA) is 118 Å². The van der Waals surface area contributed by atoms with Crippen LogP contribution in [0.15, 0.2) is 59.3 Å². The Morgan fingerprint density at radius 3 is 2.35 bits per heavy atom. The Morgan fingerprint density at radius 2 is 1.72 bits per heavy atom. The number of aliphatic hydroxyl groups excluding tert-OH is 1. The third-order valence-electron chi connectivity index (χ3n) is 7.18. The lowest BCUT2D eigenvalue weighted by Gasteiger charge is -2.33. The molecule has 4 aromatic rings. The van der Waals surface area contributed by atoms with Gasteiger partial charge in [-0.3, -0.25) is 4.79 Å². The maximum atomic E-state index is 14.1. The normalized spacial score (nSPS) is 17.2. The zero-order valence-electron chi connectivity index (χ0n) is 22.3. The number of hydrogen-bond acceptors (Lipinski definition) is 7. The van der Waals surface area contributed by atoms with E-state index in [4.69, 9.17) is 9.63 Å². The fourth-order valence-electron chi connectivity index (χ4n) is 5.15. The molecule has 1 saturated heterocycles. The molecular weight excluding hydrogens is 584 g/mol. The molecule has 0 bridgehead atoms. The first kappa shape index (κ1) is 30.2. The van der Waals surface area contributed by atoms with Crippen LogP contribution in [0.3, 0.4) is 0 Å². The van der Waals surface area contributed by atoms with Crippen molar-refractivity contribution in [3.05, 3.63) is 71.5 Å². The molecule has 0 unspecified atom stereocenters. The predicted octanol–water partition coefficient (Wildman–Crippen LogP) is 5.85. The first-order valence-corrected chi connectivity index (χ1v) is 13.2. The van der Waals surface area contributed by atoms with Gasteiger partial charge in [0.2, 0.25) is 5.82 Å². The molecular formula is C28H25F6N5O4. The number of aliphatic hydroxyl groups is 1. The van der Waals surface area contributed by atoms with Crippen LogP contribution in [-0.2, 0) is 17.1 Å². The van der Waals surface area contributed by atoms with Gasteiger partial charge in [-0.25, -0.2) is 4.68 Å². The number of aliphatic carboxylic acids is 1. The van der Waals surface area contributed by atoms with Crippen molar-refractivity contribution in [2.24, 2.45) is 5.92 Å². The summed E-state index contributed by atoms with van der Waals surface area (Å²) in [4.78, 5) is 17.1. The van der Waals surface area contributed by atoms with Gasteiger partial charge in [0.05, 0.1) is 29.1 Å². The first-order chi connectivity index (χ1) is 20.3. The Labute approximate surface area is 240 Å². The number of alkyl halides is 6. The number of β-amino-alcohol motifs (C(OH)–C–C–N with tert-alkyl or cyclic N) is 1. The van der Waals surface area contributed by atoms with Crippen molar-refractivity contribution in [2.75, 3.05) is 19.6 Å². The number of halogens is 6. The number of aromatic nitrogens is 4. The molecule has 0 spiro atoms. The van der Waals surface area contributed by atoms with Crippen molar-refractivity contribution in [3.63, 3.8) is 0 Å². The van der Waals surface area contributed by atoms with E-state index in [-0.39, 0.29) is 23.9 Å². The van der Waals surface area contributed by atoms with Crippen LogP contribution in [0.5, 0.6) is 0 Å². The van der Waals surface area contributed by atoms with Crippen LogP contribution in [0.4, 0.5) is 26.3 Å². The molecule has 1 fully saturated rings. The number of likely N-dealkylation sites (tertiary alicyclic amines) is 1. The van der Waals surface area contributed by atoms with Crippen LogP contribution < -0.4 is 0 Å². The summed E-state index contributed by atoms with van der Waals surface area (Å²) >= 11 is 0. The largest absolute Gasteiger partial charge is 0.481 e. The maximum Gasteiger partial charge on any atom is 0.434 e. The Kier molecular flexibility index (Phi) is 8.29. The van der Waals surface area contributed by atoms with Gasteiger partial charge < -0.3 is 19.6 Å². The lowest BCUT2D eigenvalue weighted by Crippen LogP contribution is -2.38. The first-order valence-electron chi connectivity index (χ1n) is 13.2. The number of carboxylic acid groups (broad SMARTS) is 1. The van der Waals surface area contributed by atoms with Gasteiger partial charge in [0.1, 0.15) is 0 Å². The summed E-state index contributed by atoms with van der Waals surface area (Å²) < 4.78 is 86.6. The van der Waals surface area contributed by atoms with Crippen LogP contribution in [0.25, 0.3) is 28.5 Å². The number of benzene rings is 2. The average Bonchev–Trinajstić information content (AvgIpc) is 3.61. The maximum absolute atomic E-state index is 14.1. The van der Waals surface area contributed by atoms with Gasteiger partial charge in [-0.15, -0.1) is 0 Å². The zero-order valence-corrected chi connectivity index (χ0v) is 22.3. The molecule has 43 heavy (non-hydrogen) atoms. The highest BCUT2D eigenvalue weighted by atomic mass is 19.4. The Morgan fingerprint density at radius 1 is 1.02 bits per heavy atom. The molecule has 0 saturated carbocycles. The van der Waals surface area contributed by atoms with E-state index in [1.807, 2.05) is 4.90 Å². The van der Waals surface area contributed by atoms with Crippen molar-refractivity contribution in [1.29, 1.82) is 0 Å². The molecule has 0 amide bonds. The van der Waals surface area contributed by atoms with Gasteiger partial charge in [0.15, 0.2) is 5.69 Å². The predicted molar refractivity (Wildman–Crippen MR) is 139 cm³/mol. The summed E-state index contributed by atoms with van der Waals surface area (Å²) in [5, 5.41) is 27.3. The Balaban J connectivity index is 1.33. The highest BCUT2D eigenvalue weighted by Gasteiger charge is 2.41. The highest BCUT2D eigenvalue weighted by Crippen LogP contribution is 2.39. The SMILES string of the molecule is O=C(O)C[C@H]1CCCN(C[C@H](O)c2ccc(-c3noc(-c4cnn(-c5ccc(C(F)(F)F)cc5)c4C(F)(F)F)n3)cc2)C1. The molecule has 0 radical (unpaired) electrons. The minimum Gasteiger partial charge on any atom is -0.481 e. The second kappa shape index (κ2) is 11.8. The molecule has 2 atom stereocenters. The fourth-order valence-corrected chi connectivity index (χ4v) is 5.15. The number of carboxylic acids is 1. The summed E-state index contributed by atoms with van der Waals surface area (Å²) in [5.41, 5.74) is -2.15. The molecule has 228 valence electrons. The molecule has 15 heteroatoms. The molecule has 5 rings (SSSR count). The monoisotopic (exact) mass is 609 g/mol. The minimum atomic E-state index is -4.97. The smallest absolute Gasteiger partial charge is 0.434 e. The fraction of sp³-hybridized carbons (Fsp3) is 0.357. The van der Waals surface area contributed by atoms with Crippen LogP contribution in [0, 0.1) is 5.92 Å².